The van der Waals surface area contributed by atoms with Crippen LogP contribution in [0.25, 0.3) is 0 Å². The van der Waals surface area contributed by atoms with Crippen molar-refractivity contribution < 1.29 is 4.52 Å². The van der Waals surface area contributed by atoms with E-state index in [1.54, 1.807) is 0 Å². The number of nitrogens with zero attached hydrogens (tertiary/aromatic N) is 1. The lowest BCUT2D eigenvalue weighted by Gasteiger charge is -2.19. The van der Waals surface area contributed by atoms with Crippen LogP contribution in [0.4, 0.5) is 0 Å². The summed E-state index contributed by atoms with van der Waals surface area (Å²) in [6.07, 6.45) is 0. The Morgan fingerprint density at radius 2 is 1.79 bits per heavy atom. The molecule has 1 N–H and O–H groups in total. The van der Waals surface area contributed by atoms with Crippen molar-refractivity contribution in [2.45, 2.75) is 46.2 Å². The van der Waals surface area contributed by atoms with Gasteiger partial charge in [-0.25, -0.2) is 0 Å². The predicted octanol–water partition coefficient (Wildman–Crippen LogP) is 3.57. The Bertz CT molecular complexity index is 520. The Labute approximate surface area is 115 Å². The molecule has 0 fully saturated rings. The van der Waals surface area contributed by atoms with Gasteiger partial charge in [0.15, 0.2) is 5.76 Å². The summed E-state index contributed by atoms with van der Waals surface area (Å²) < 4.78 is 5.15. The van der Waals surface area contributed by atoms with E-state index in [4.69, 9.17) is 4.52 Å². The molecule has 3 nitrogen and oxygen atoms in total. The van der Waals surface area contributed by atoms with Crippen molar-refractivity contribution in [3.63, 3.8) is 0 Å². The molecule has 3 heteroatoms. The highest BCUT2D eigenvalue weighted by atomic mass is 16.5. The fraction of sp³-hybridized carbons (Fsp3) is 0.438. The van der Waals surface area contributed by atoms with Crippen LogP contribution in [-0.4, -0.2) is 5.16 Å². The second-order valence-corrected chi connectivity index (χ2v) is 5.99. The Hall–Kier alpha value is -1.61. The maximum atomic E-state index is 5.15. The average Bonchev–Trinajstić information content (AvgIpc) is 2.75. The molecule has 0 bridgehead atoms. The smallest absolute Gasteiger partial charge is 0.150 e. The second-order valence-electron chi connectivity index (χ2n) is 5.99. The highest BCUT2D eigenvalue weighted by Crippen LogP contribution is 2.22. The van der Waals surface area contributed by atoms with Gasteiger partial charge in [0.25, 0.3) is 0 Å². The largest absolute Gasteiger partial charge is 0.360 e. The molecule has 1 aromatic heterocycles. The van der Waals surface area contributed by atoms with Crippen molar-refractivity contribution in [1.29, 1.82) is 0 Å². The van der Waals surface area contributed by atoms with Crippen molar-refractivity contribution in [2.24, 2.45) is 0 Å². The van der Waals surface area contributed by atoms with Gasteiger partial charge in [0.05, 0.1) is 12.2 Å². The number of aromatic nitrogens is 1. The summed E-state index contributed by atoms with van der Waals surface area (Å²) in [5.74, 6) is 0.879. The molecule has 0 aliphatic heterocycles. The number of benzene rings is 1. The molecular weight excluding hydrogens is 236 g/mol. The molecule has 0 aliphatic carbocycles. The molecule has 0 amide bonds. The maximum absolute atomic E-state index is 5.15. The van der Waals surface area contributed by atoms with E-state index in [-0.39, 0.29) is 5.41 Å². The van der Waals surface area contributed by atoms with E-state index in [0.29, 0.717) is 6.54 Å². The third-order valence-corrected chi connectivity index (χ3v) is 3.13. The standard InChI is InChI=1S/C16H22N2O/c1-12-9-15(19-18-12)11-17-10-13-5-7-14(8-6-13)16(2,3)4/h5-9,17H,10-11H2,1-4H3. The summed E-state index contributed by atoms with van der Waals surface area (Å²) >= 11 is 0. The lowest BCUT2D eigenvalue weighted by Crippen LogP contribution is -2.13. The van der Waals surface area contributed by atoms with Gasteiger partial charge in [-0.2, -0.15) is 0 Å². The maximum Gasteiger partial charge on any atom is 0.150 e. The molecule has 19 heavy (non-hydrogen) atoms. The summed E-state index contributed by atoms with van der Waals surface area (Å²) in [6.45, 7) is 10.2. The number of aryl methyl sites for hydroxylation is 1. The Balaban J connectivity index is 1.86. The third-order valence-electron chi connectivity index (χ3n) is 3.13. The van der Waals surface area contributed by atoms with Gasteiger partial charge < -0.3 is 9.84 Å². The van der Waals surface area contributed by atoms with Crippen LogP contribution in [0, 0.1) is 6.92 Å². The van der Waals surface area contributed by atoms with Gasteiger partial charge >= 0.3 is 0 Å². The minimum absolute atomic E-state index is 0.212. The molecule has 0 unspecified atom stereocenters. The number of nitrogens with one attached hydrogen (secondary N) is 1. The van der Waals surface area contributed by atoms with E-state index in [1.807, 2.05) is 13.0 Å². The van der Waals surface area contributed by atoms with Crippen LogP contribution in [-0.2, 0) is 18.5 Å². The highest BCUT2D eigenvalue weighted by Gasteiger charge is 2.12. The van der Waals surface area contributed by atoms with Gasteiger partial charge in [-0.1, -0.05) is 50.2 Å². The van der Waals surface area contributed by atoms with Crippen LogP contribution < -0.4 is 5.32 Å². The monoisotopic (exact) mass is 258 g/mol. The normalized spacial score (nSPS) is 11.8. The van der Waals surface area contributed by atoms with Crippen LogP contribution in [0.2, 0.25) is 0 Å². The molecule has 0 saturated heterocycles. The zero-order chi connectivity index (χ0) is 13.9. The molecule has 1 aromatic carbocycles. The summed E-state index contributed by atoms with van der Waals surface area (Å²) in [6, 6.07) is 10.7. The average molecular weight is 258 g/mol. The first-order chi connectivity index (χ1) is 8.95. The SMILES string of the molecule is Cc1cc(CNCc2ccc(C(C)(C)C)cc2)on1. The summed E-state index contributed by atoms with van der Waals surface area (Å²) in [5.41, 5.74) is 3.78. The predicted molar refractivity (Wildman–Crippen MR) is 76.9 cm³/mol. The van der Waals surface area contributed by atoms with Crippen molar-refractivity contribution in [3.05, 3.63) is 52.9 Å². The minimum atomic E-state index is 0.212. The first-order valence-electron chi connectivity index (χ1n) is 6.67. The van der Waals surface area contributed by atoms with Gasteiger partial charge in [0, 0.05) is 12.6 Å². The Kier molecular flexibility index (Phi) is 4.05. The number of hydrogen-bond acceptors (Lipinski definition) is 3. The van der Waals surface area contributed by atoms with Crippen LogP contribution in [0.1, 0.15) is 43.4 Å². The summed E-state index contributed by atoms with van der Waals surface area (Å²) in [7, 11) is 0. The lowest BCUT2D eigenvalue weighted by molar-refractivity contribution is 0.369. The topological polar surface area (TPSA) is 38.1 Å². The highest BCUT2D eigenvalue weighted by molar-refractivity contribution is 5.27. The Morgan fingerprint density at radius 1 is 1.11 bits per heavy atom. The summed E-state index contributed by atoms with van der Waals surface area (Å²) in [5, 5.41) is 7.22. The van der Waals surface area contributed by atoms with Gasteiger partial charge in [-0.3, -0.25) is 0 Å². The first kappa shape index (κ1) is 13.8. The van der Waals surface area contributed by atoms with Gasteiger partial charge in [0.2, 0.25) is 0 Å². The minimum Gasteiger partial charge on any atom is -0.360 e. The molecule has 0 aliphatic rings. The quantitative estimate of drug-likeness (QED) is 0.911. The van der Waals surface area contributed by atoms with E-state index < -0.39 is 0 Å². The molecule has 102 valence electrons. The van der Waals surface area contributed by atoms with Crippen molar-refractivity contribution in [3.8, 4) is 0 Å². The third kappa shape index (κ3) is 3.93. The zero-order valence-corrected chi connectivity index (χ0v) is 12.2. The fourth-order valence-electron chi connectivity index (χ4n) is 1.95. The summed E-state index contributed by atoms with van der Waals surface area (Å²) in [4.78, 5) is 0. The Morgan fingerprint density at radius 3 is 2.32 bits per heavy atom. The van der Waals surface area contributed by atoms with Crippen molar-refractivity contribution >= 4 is 0 Å². The molecule has 2 rings (SSSR count). The van der Waals surface area contributed by atoms with E-state index in [9.17, 15) is 0 Å². The number of rotatable bonds is 4. The van der Waals surface area contributed by atoms with Gasteiger partial charge in [0.1, 0.15) is 0 Å². The zero-order valence-electron chi connectivity index (χ0n) is 12.2. The van der Waals surface area contributed by atoms with E-state index in [0.717, 1.165) is 18.0 Å². The second kappa shape index (κ2) is 5.57. The lowest BCUT2D eigenvalue weighted by atomic mass is 9.87. The molecule has 0 saturated carbocycles. The first-order valence-corrected chi connectivity index (χ1v) is 6.67. The number of hydrogen-bond donors (Lipinski definition) is 1. The molecule has 1 heterocycles. The van der Waals surface area contributed by atoms with Crippen LogP contribution in [0.15, 0.2) is 34.9 Å². The van der Waals surface area contributed by atoms with Crippen LogP contribution >= 0.6 is 0 Å². The van der Waals surface area contributed by atoms with Crippen LogP contribution in [0.3, 0.4) is 0 Å². The van der Waals surface area contributed by atoms with Crippen LogP contribution in [0.5, 0.6) is 0 Å². The molecule has 2 aromatic rings. The van der Waals surface area contributed by atoms with Gasteiger partial charge in [-0.15, -0.1) is 0 Å². The molecule has 0 radical (unpaired) electrons. The van der Waals surface area contributed by atoms with Crippen molar-refractivity contribution in [2.75, 3.05) is 0 Å². The molecule has 0 spiro atoms. The van der Waals surface area contributed by atoms with E-state index >= 15 is 0 Å². The van der Waals surface area contributed by atoms with E-state index in [2.05, 4.69) is 55.5 Å². The molecular formula is C16H22N2O. The fourth-order valence-corrected chi connectivity index (χ4v) is 1.95. The van der Waals surface area contributed by atoms with Gasteiger partial charge in [-0.05, 0) is 23.5 Å². The van der Waals surface area contributed by atoms with Crippen molar-refractivity contribution in [1.82, 2.24) is 10.5 Å². The molecule has 0 atom stereocenters. The van der Waals surface area contributed by atoms with E-state index in [1.165, 1.54) is 11.1 Å².